The Bertz CT molecular complexity index is 626. The van der Waals surface area contributed by atoms with Crippen LogP contribution in [0.15, 0.2) is 23.1 Å². The van der Waals surface area contributed by atoms with Gasteiger partial charge in [0.1, 0.15) is 4.99 Å². The highest BCUT2D eigenvalue weighted by molar-refractivity contribution is 7.89. The molecule has 1 aliphatic rings. The van der Waals surface area contributed by atoms with Gasteiger partial charge in [-0.3, -0.25) is 0 Å². The Hall–Kier alpha value is -0.690. The molecule has 0 unspecified atom stereocenters. The Kier molecular flexibility index (Phi) is 5.60. The second-order valence-corrected chi connectivity index (χ2v) is 7.98. The lowest BCUT2D eigenvalue weighted by Crippen LogP contribution is -2.30. The van der Waals surface area contributed by atoms with Crippen molar-refractivity contribution in [1.29, 1.82) is 0 Å². The van der Waals surface area contributed by atoms with E-state index < -0.39 is 10.0 Å². The summed E-state index contributed by atoms with van der Waals surface area (Å²) in [6.45, 7) is 0.483. The van der Waals surface area contributed by atoms with Crippen molar-refractivity contribution < 1.29 is 8.42 Å². The number of halogens is 1. The predicted octanol–water partition coefficient (Wildman–Crippen LogP) is 2.83. The molecule has 0 radical (unpaired) electrons. The Labute approximate surface area is 136 Å². The molecule has 2 rings (SSSR count). The van der Waals surface area contributed by atoms with E-state index in [0.29, 0.717) is 18.0 Å². The van der Waals surface area contributed by atoms with Gasteiger partial charge in [0.2, 0.25) is 10.0 Å². The lowest BCUT2D eigenvalue weighted by molar-refractivity contribution is 0.357. The quantitative estimate of drug-likeness (QED) is 0.804. The zero-order chi connectivity index (χ0) is 15.5. The molecule has 4 nitrogen and oxygen atoms in total. The van der Waals surface area contributed by atoms with Gasteiger partial charge in [0, 0.05) is 12.1 Å². The summed E-state index contributed by atoms with van der Waals surface area (Å²) in [4.78, 5) is 0.294. The maximum atomic E-state index is 12.3. The average Bonchev–Trinajstić information content (AvgIpc) is 2.46. The first-order valence-corrected chi connectivity index (χ1v) is 9.26. The molecule has 3 N–H and O–H groups in total. The average molecular weight is 347 g/mol. The molecule has 1 aliphatic carbocycles. The van der Waals surface area contributed by atoms with E-state index in [1.807, 2.05) is 0 Å². The van der Waals surface area contributed by atoms with E-state index in [4.69, 9.17) is 29.6 Å². The third-order valence-electron chi connectivity index (χ3n) is 3.80. The molecule has 1 aromatic rings. The Morgan fingerprint density at radius 1 is 1.33 bits per heavy atom. The largest absolute Gasteiger partial charge is 0.389 e. The molecule has 7 heteroatoms. The molecule has 0 amide bonds. The van der Waals surface area contributed by atoms with E-state index >= 15 is 0 Å². The van der Waals surface area contributed by atoms with Crippen molar-refractivity contribution in [1.82, 2.24) is 4.72 Å². The molecule has 0 heterocycles. The summed E-state index contributed by atoms with van der Waals surface area (Å²) in [5.74, 6) is 0.430. The highest BCUT2D eigenvalue weighted by atomic mass is 35.5. The van der Waals surface area contributed by atoms with Crippen molar-refractivity contribution in [2.24, 2.45) is 11.7 Å². The topological polar surface area (TPSA) is 72.2 Å². The van der Waals surface area contributed by atoms with Gasteiger partial charge < -0.3 is 5.73 Å². The molecule has 21 heavy (non-hydrogen) atoms. The lowest BCUT2D eigenvalue weighted by Gasteiger charge is -2.21. The zero-order valence-corrected chi connectivity index (χ0v) is 14.0. The number of rotatable bonds is 5. The van der Waals surface area contributed by atoms with Crippen LogP contribution in [0.4, 0.5) is 0 Å². The molecule has 0 aliphatic heterocycles. The highest BCUT2D eigenvalue weighted by Gasteiger charge is 2.19. The van der Waals surface area contributed by atoms with Crippen LogP contribution in [0.5, 0.6) is 0 Å². The van der Waals surface area contributed by atoms with Gasteiger partial charge in [-0.25, -0.2) is 13.1 Å². The van der Waals surface area contributed by atoms with Crippen molar-refractivity contribution in [2.75, 3.05) is 6.54 Å². The molecule has 116 valence electrons. The van der Waals surface area contributed by atoms with Crippen molar-refractivity contribution in [3.63, 3.8) is 0 Å². The van der Waals surface area contributed by atoms with Crippen LogP contribution in [0.1, 0.15) is 37.7 Å². The van der Waals surface area contributed by atoms with Gasteiger partial charge in [0.15, 0.2) is 0 Å². The minimum Gasteiger partial charge on any atom is -0.389 e. The third kappa shape index (κ3) is 4.39. The monoisotopic (exact) mass is 346 g/mol. The van der Waals surface area contributed by atoms with E-state index in [2.05, 4.69) is 4.72 Å². The van der Waals surface area contributed by atoms with E-state index in [1.54, 1.807) is 6.07 Å². The van der Waals surface area contributed by atoms with Gasteiger partial charge in [-0.05, 0) is 37.0 Å². The fourth-order valence-electron chi connectivity index (χ4n) is 2.56. The fraction of sp³-hybridized carbons (Fsp3) is 0.500. The number of nitrogens with two attached hydrogens (primary N) is 1. The summed E-state index contributed by atoms with van der Waals surface area (Å²) in [5, 5.41) is 0.253. The standard InChI is InChI=1S/C14H19ClN2O2S2/c15-13-8-11(6-7-12(13)14(16)20)21(18,19)17-9-10-4-2-1-3-5-10/h6-8,10,17H,1-5,9H2,(H2,16,20). The van der Waals surface area contributed by atoms with Crippen molar-refractivity contribution in [2.45, 2.75) is 37.0 Å². The van der Waals surface area contributed by atoms with Crippen LogP contribution in [0.25, 0.3) is 0 Å². The molecular weight excluding hydrogens is 328 g/mol. The van der Waals surface area contributed by atoms with Gasteiger partial charge in [0.05, 0.1) is 9.92 Å². The fourth-order valence-corrected chi connectivity index (χ4v) is 4.29. The third-order valence-corrected chi connectivity index (χ3v) is 5.76. The SMILES string of the molecule is NC(=S)c1ccc(S(=O)(=O)NCC2CCCCC2)cc1Cl. The number of benzene rings is 1. The maximum Gasteiger partial charge on any atom is 0.240 e. The first-order valence-electron chi connectivity index (χ1n) is 6.99. The van der Waals surface area contributed by atoms with Crippen LogP contribution in [-0.4, -0.2) is 20.0 Å². The van der Waals surface area contributed by atoms with Gasteiger partial charge in [-0.15, -0.1) is 0 Å². The second-order valence-electron chi connectivity index (χ2n) is 5.36. The molecule has 1 fully saturated rings. The summed E-state index contributed by atoms with van der Waals surface area (Å²) in [6, 6.07) is 4.41. The molecule has 1 aromatic carbocycles. The van der Waals surface area contributed by atoms with Crippen LogP contribution in [-0.2, 0) is 10.0 Å². The zero-order valence-electron chi connectivity index (χ0n) is 11.6. The van der Waals surface area contributed by atoms with Gasteiger partial charge in [0.25, 0.3) is 0 Å². The van der Waals surface area contributed by atoms with Gasteiger partial charge in [-0.2, -0.15) is 0 Å². The summed E-state index contributed by atoms with van der Waals surface area (Å²) >= 11 is 10.9. The highest BCUT2D eigenvalue weighted by Crippen LogP contribution is 2.24. The summed E-state index contributed by atoms with van der Waals surface area (Å²) in [6.07, 6.45) is 5.79. The van der Waals surface area contributed by atoms with Crippen LogP contribution in [0, 0.1) is 5.92 Å². The second kappa shape index (κ2) is 7.05. The minimum absolute atomic E-state index is 0.142. The van der Waals surface area contributed by atoms with E-state index in [1.165, 1.54) is 31.4 Å². The van der Waals surface area contributed by atoms with Crippen LogP contribution in [0.2, 0.25) is 5.02 Å². The number of thiocarbonyl (C=S) groups is 1. The Balaban J connectivity index is 2.08. The minimum atomic E-state index is -3.54. The summed E-state index contributed by atoms with van der Waals surface area (Å²) in [7, 11) is -3.54. The summed E-state index contributed by atoms with van der Waals surface area (Å²) < 4.78 is 27.2. The molecule has 0 spiro atoms. The van der Waals surface area contributed by atoms with Crippen molar-refractivity contribution in [3.8, 4) is 0 Å². The van der Waals surface area contributed by atoms with Gasteiger partial charge in [-0.1, -0.05) is 43.1 Å². The molecular formula is C14H19ClN2O2S2. The van der Waals surface area contributed by atoms with E-state index in [0.717, 1.165) is 12.8 Å². The molecule has 0 aromatic heterocycles. The number of sulfonamides is 1. The Morgan fingerprint density at radius 3 is 2.57 bits per heavy atom. The predicted molar refractivity (Wildman–Crippen MR) is 89.1 cm³/mol. The van der Waals surface area contributed by atoms with Crippen LogP contribution >= 0.6 is 23.8 Å². The number of hydrogen-bond donors (Lipinski definition) is 2. The molecule has 1 saturated carbocycles. The normalized spacial score (nSPS) is 16.8. The van der Waals surface area contributed by atoms with Crippen LogP contribution in [0.3, 0.4) is 0 Å². The maximum absolute atomic E-state index is 12.3. The van der Waals surface area contributed by atoms with Crippen LogP contribution < -0.4 is 10.5 Å². The van der Waals surface area contributed by atoms with Crippen molar-refractivity contribution >= 4 is 38.8 Å². The first-order chi connectivity index (χ1) is 9.90. The molecule has 0 bridgehead atoms. The molecule has 0 saturated heterocycles. The number of nitrogens with one attached hydrogen (secondary N) is 1. The van der Waals surface area contributed by atoms with Crippen molar-refractivity contribution in [3.05, 3.63) is 28.8 Å². The Morgan fingerprint density at radius 2 is 2.00 bits per heavy atom. The van der Waals surface area contributed by atoms with E-state index in [9.17, 15) is 8.42 Å². The molecule has 0 atom stereocenters. The van der Waals surface area contributed by atoms with Gasteiger partial charge >= 0.3 is 0 Å². The first kappa shape index (κ1) is 16.7. The smallest absolute Gasteiger partial charge is 0.240 e. The number of hydrogen-bond acceptors (Lipinski definition) is 3. The summed E-state index contributed by atoms with van der Waals surface area (Å²) in [5.41, 5.74) is 6.00. The lowest BCUT2D eigenvalue weighted by atomic mass is 9.90. The van der Waals surface area contributed by atoms with E-state index in [-0.39, 0.29) is 14.9 Å².